The number of carbonyl (C=O) groups excluding carboxylic acids is 2. The van der Waals surface area contributed by atoms with Crippen LogP contribution in [0.2, 0.25) is 0 Å². The normalized spacial score (nSPS) is 13.5. The van der Waals surface area contributed by atoms with Crippen LogP contribution >= 0.6 is 0 Å². The van der Waals surface area contributed by atoms with Crippen LogP contribution in [0.25, 0.3) is 0 Å². The van der Waals surface area contributed by atoms with Crippen LogP contribution in [0.4, 0.5) is 5.69 Å². The zero-order valence-electron chi connectivity index (χ0n) is 13.5. The number of rotatable bonds is 6. The largest absolute Gasteiger partial charge is 0.386 e. The topological polar surface area (TPSA) is 87.7 Å². The predicted molar refractivity (Wildman–Crippen MR) is 84.7 cm³/mol. The van der Waals surface area contributed by atoms with Gasteiger partial charge in [-0.3, -0.25) is 9.59 Å². The summed E-state index contributed by atoms with van der Waals surface area (Å²) in [7, 11) is 1.45. The van der Waals surface area contributed by atoms with E-state index in [0.717, 1.165) is 5.56 Å². The second-order valence-corrected chi connectivity index (χ2v) is 5.84. The highest BCUT2D eigenvalue weighted by molar-refractivity contribution is 6.39. The maximum Gasteiger partial charge on any atom is 0.313 e. The standard InChI is InChI=1S/C16H24N2O4/c1-11(2)12-5-7-13(8-6-12)18-15(20)14(19)17-9-16(3,21)10-22-4/h5-8,11,21H,9-10H2,1-4H3,(H,17,19)(H,18,20). The number of carbonyl (C=O) groups is 2. The summed E-state index contributed by atoms with van der Waals surface area (Å²) < 4.78 is 4.82. The minimum Gasteiger partial charge on any atom is -0.386 e. The van der Waals surface area contributed by atoms with Crippen molar-refractivity contribution in [2.75, 3.05) is 25.6 Å². The molecule has 3 N–H and O–H groups in total. The second-order valence-electron chi connectivity index (χ2n) is 5.84. The van der Waals surface area contributed by atoms with Crippen molar-refractivity contribution in [3.63, 3.8) is 0 Å². The number of hydrogen-bond acceptors (Lipinski definition) is 4. The van der Waals surface area contributed by atoms with Crippen LogP contribution < -0.4 is 10.6 Å². The van der Waals surface area contributed by atoms with E-state index in [4.69, 9.17) is 4.74 Å². The van der Waals surface area contributed by atoms with E-state index in [0.29, 0.717) is 11.6 Å². The van der Waals surface area contributed by atoms with Gasteiger partial charge in [-0.25, -0.2) is 0 Å². The maximum absolute atomic E-state index is 11.8. The van der Waals surface area contributed by atoms with Gasteiger partial charge in [0, 0.05) is 19.3 Å². The summed E-state index contributed by atoms with van der Waals surface area (Å²) in [5, 5.41) is 14.7. The molecule has 6 nitrogen and oxygen atoms in total. The van der Waals surface area contributed by atoms with E-state index in [1.165, 1.54) is 14.0 Å². The van der Waals surface area contributed by atoms with Crippen LogP contribution in [0.15, 0.2) is 24.3 Å². The van der Waals surface area contributed by atoms with Gasteiger partial charge in [-0.05, 0) is 30.5 Å². The Morgan fingerprint density at radius 2 is 1.82 bits per heavy atom. The van der Waals surface area contributed by atoms with E-state index < -0.39 is 17.4 Å². The minimum atomic E-state index is -1.22. The fourth-order valence-electron chi connectivity index (χ4n) is 1.85. The zero-order chi connectivity index (χ0) is 16.8. The summed E-state index contributed by atoms with van der Waals surface area (Å²) in [6, 6.07) is 7.31. The molecule has 0 aliphatic rings. The molecule has 0 bridgehead atoms. The molecule has 1 aromatic rings. The van der Waals surface area contributed by atoms with Crippen molar-refractivity contribution in [3.8, 4) is 0 Å². The van der Waals surface area contributed by atoms with E-state index in [1.807, 2.05) is 12.1 Å². The molecule has 122 valence electrons. The molecule has 22 heavy (non-hydrogen) atoms. The third-order valence-electron chi connectivity index (χ3n) is 3.13. The minimum absolute atomic E-state index is 0.0611. The number of methoxy groups -OCH3 is 1. The number of ether oxygens (including phenoxy) is 1. The first-order valence-electron chi connectivity index (χ1n) is 7.15. The first-order chi connectivity index (χ1) is 10.2. The van der Waals surface area contributed by atoms with Crippen LogP contribution in [-0.4, -0.2) is 42.8 Å². The Morgan fingerprint density at radius 1 is 1.23 bits per heavy atom. The van der Waals surface area contributed by atoms with Crippen molar-refractivity contribution in [1.29, 1.82) is 0 Å². The lowest BCUT2D eigenvalue weighted by Gasteiger charge is -2.22. The van der Waals surface area contributed by atoms with E-state index in [2.05, 4.69) is 24.5 Å². The summed E-state index contributed by atoms with van der Waals surface area (Å²) in [4.78, 5) is 23.5. The number of benzene rings is 1. The Kier molecular flexibility index (Phi) is 6.52. The first-order valence-corrected chi connectivity index (χ1v) is 7.15. The molecule has 1 unspecified atom stereocenters. The van der Waals surface area contributed by atoms with Crippen LogP contribution in [0.1, 0.15) is 32.3 Å². The summed E-state index contributed by atoms with van der Waals surface area (Å²) >= 11 is 0. The molecule has 0 fully saturated rings. The van der Waals surface area contributed by atoms with E-state index in [-0.39, 0.29) is 13.2 Å². The van der Waals surface area contributed by atoms with Crippen LogP contribution in [0.3, 0.4) is 0 Å². The van der Waals surface area contributed by atoms with Crippen molar-refractivity contribution >= 4 is 17.5 Å². The van der Waals surface area contributed by atoms with Gasteiger partial charge in [0.15, 0.2) is 0 Å². The van der Waals surface area contributed by atoms with Gasteiger partial charge in [0.1, 0.15) is 5.60 Å². The van der Waals surface area contributed by atoms with Gasteiger partial charge in [0.25, 0.3) is 0 Å². The molecule has 2 amide bonds. The smallest absolute Gasteiger partial charge is 0.313 e. The highest BCUT2D eigenvalue weighted by atomic mass is 16.5. The maximum atomic E-state index is 11.8. The number of amides is 2. The highest BCUT2D eigenvalue weighted by Crippen LogP contribution is 2.17. The van der Waals surface area contributed by atoms with Gasteiger partial charge in [-0.15, -0.1) is 0 Å². The lowest BCUT2D eigenvalue weighted by molar-refractivity contribution is -0.137. The lowest BCUT2D eigenvalue weighted by atomic mass is 10.0. The molecule has 1 rings (SSSR count). The molecule has 1 atom stereocenters. The van der Waals surface area contributed by atoms with Crippen LogP contribution in [0, 0.1) is 0 Å². The Labute approximate surface area is 130 Å². The monoisotopic (exact) mass is 308 g/mol. The third-order valence-corrected chi connectivity index (χ3v) is 3.13. The second kappa shape index (κ2) is 7.91. The first kappa shape index (κ1) is 18.1. The van der Waals surface area contributed by atoms with E-state index in [1.54, 1.807) is 12.1 Å². The molecule has 1 aromatic carbocycles. The van der Waals surface area contributed by atoms with Gasteiger partial charge >= 0.3 is 11.8 Å². The van der Waals surface area contributed by atoms with Crippen LogP contribution in [0.5, 0.6) is 0 Å². The predicted octanol–water partition coefficient (Wildman–Crippen LogP) is 1.26. The fourth-order valence-corrected chi connectivity index (χ4v) is 1.85. The Hall–Kier alpha value is -1.92. The lowest BCUT2D eigenvalue weighted by Crippen LogP contribution is -2.46. The Balaban J connectivity index is 2.52. The average molecular weight is 308 g/mol. The molecule has 0 aliphatic carbocycles. The number of anilines is 1. The van der Waals surface area contributed by atoms with Gasteiger partial charge < -0.3 is 20.5 Å². The molecular formula is C16H24N2O4. The fraction of sp³-hybridized carbons (Fsp3) is 0.500. The molecule has 0 saturated carbocycles. The average Bonchev–Trinajstić information content (AvgIpc) is 2.45. The molecule has 0 radical (unpaired) electrons. The Morgan fingerprint density at radius 3 is 2.32 bits per heavy atom. The number of hydrogen-bond donors (Lipinski definition) is 3. The molecule has 0 aliphatic heterocycles. The highest BCUT2D eigenvalue weighted by Gasteiger charge is 2.23. The van der Waals surface area contributed by atoms with Gasteiger partial charge in [0.2, 0.25) is 0 Å². The SMILES string of the molecule is COCC(C)(O)CNC(=O)C(=O)Nc1ccc(C(C)C)cc1. The van der Waals surface area contributed by atoms with Crippen molar-refractivity contribution in [3.05, 3.63) is 29.8 Å². The molecule has 0 saturated heterocycles. The van der Waals surface area contributed by atoms with Crippen LogP contribution in [-0.2, 0) is 14.3 Å². The van der Waals surface area contributed by atoms with Gasteiger partial charge in [0.05, 0.1) is 6.61 Å². The van der Waals surface area contributed by atoms with Crippen molar-refractivity contribution < 1.29 is 19.4 Å². The summed E-state index contributed by atoms with van der Waals surface area (Å²) in [6.45, 7) is 5.66. The molecule has 0 spiro atoms. The molecular weight excluding hydrogens is 284 g/mol. The van der Waals surface area contributed by atoms with Gasteiger partial charge in [-0.2, -0.15) is 0 Å². The van der Waals surface area contributed by atoms with Crippen molar-refractivity contribution in [2.45, 2.75) is 32.3 Å². The molecule has 0 heterocycles. The third kappa shape index (κ3) is 5.83. The van der Waals surface area contributed by atoms with Crippen molar-refractivity contribution in [1.82, 2.24) is 5.32 Å². The Bertz CT molecular complexity index is 509. The summed E-state index contributed by atoms with van der Waals surface area (Å²) in [5.74, 6) is -1.18. The number of aliphatic hydroxyl groups is 1. The quantitative estimate of drug-likeness (QED) is 0.691. The molecule has 6 heteroatoms. The van der Waals surface area contributed by atoms with E-state index >= 15 is 0 Å². The van der Waals surface area contributed by atoms with Crippen molar-refractivity contribution in [2.24, 2.45) is 0 Å². The zero-order valence-corrected chi connectivity index (χ0v) is 13.5. The summed E-state index contributed by atoms with van der Waals surface area (Å²) in [6.07, 6.45) is 0. The summed E-state index contributed by atoms with van der Waals surface area (Å²) in [5.41, 5.74) is 0.482. The van der Waals surface area contributed by atoms with Gasteiger partial charge in [-0.1, -0.05) is 26.0 Å². The van der Waals surface area contributed by atoms with E-state index in [9.17, 15) is 14.7 Å². The number of nitrogens with one attached hydrogen (secondary N) is 2. The molecule has 0 aromatic heterocycles.